The van der Waals surface area contributed by atoms with E-state index in [4.69, 9.17) is 9.47 Å². The molecule has 2 aromatic rings. The molecule has 1 atom stereocenters. The molecule has 1 unspecified atom stereocenters. The molecule has 2 aromatic carbocycles. The van der Waals surface area contributed by atoms with Gasteiger partial charge in [0.15, 0.2) is 11.5 Å². The van der Waals surface area contributed by atoms with Gasteiger partial charge in [0.25, 0.3) is 11.6 Å². The Kier molecular flexibility index (Phi) is 4.26. The van der Waals surface area contributed by atoms with E-state index in [9.17, 15) is 14.9 Å². The number of ether oxygens (including phenoxy) is 2. The summed E-state index contributed by atoms with van der Waals surface area (Å²) in [5, 5.41) is 14.7. The summed E-state index contributed by atoms with van der Waals surface area (Å²) in [4.78, 5) is 26.1. The van der Waals surface area contributed by atoms with Crippen LogP contribution in [-0.2, 0) is 0 Å². The fourth-order valence-electron chi connectivity index (χ4n) is 4.03. The monoisotopic (exact) mass is 395 g/mol. The molecular formula is C21H21N3O5. The van der Waals surface area contributed by atoms with Gasteiger partial charge in [0, 0.05) is 24.2 Å². The van der Waals surface area contributed by atoms with E-state index in [2.05, 4.69) is 5.32 Å². The molecule has 2 heterocycles. The van der Waals surface area contributed by atoms with Crippen molar-refractivity contribution in [3.05, 3.63) is 57.6 Å². The van der Waals surface area contributed by atoms with Crippen molar-refractivity contribution >= 4 is 17.3 Å². The van der Waals surface area contributed by atoms with Crippen LogP contribution in [0.2, 0.25) is 0 Å². The molecule has 150 valence electrons. The van der Waals surface area contributed by atoms with Gasteiger partial charge in [0.05, 0.1) is 11.0 Å². The smallest absolute Gasteiger partial charge is 0.293 e. The number of likely N-dealkylation sites (tertiary alicyclic amines) is 1. The van der Waals surface area contributed by atoms with Gasteiger partial charge in [-0.15, -0.1) is 0 Å². The first kappa shape index (κ1) is 17.8. The molecule has 0 radical (unpaired) electrons. The maximum atomic E-state index is 13.2. The topological polar surface area (TPSA) is 93.9 Å². The molecule has 0 bridgehead atoms. The molecule has 8 nitrogen and oxygen atoms in total. The van der Waals surface area contributed by atoms with Crippen LogP contribution in [0.5, 0.6) is 11.5 Å². The molecule has 1 saturated carbocycles. The van der Waals surface area contributed by atoms with E-state index in [1.807, 2.05) is 18.2 Å². The molecule has 29 heavy (non-hydrogen) atoms. The molecule has 2 fully saturated rings. The number of hydrogen-bond donors (Lipinski definition) is 1. The van der Waals surface area contributed by atoms with Gasteiger partial charge in [-0.1, -0.05) is 6.07 Å². The molecule has 1 N–H and O–H groups in total. The highest BCUT2D eigenvalue weighted by molar-refractivity contribution is 5.96. The number of nitrogens with zero attached hydrogens (tertiary/aromatic N) is 2. The number of anilines is 1. The molecule has 1 amide bonds. The van der Waals surface area contributed by atoms with Crippen LogP contribution in [0, 0.1) is 10.1 Å². The predicted molar refractivity (Wildman–Crippen MR) is 105 cm³/mol. The Hall–Kier alpha value is -3.29. The van der Waals surface area contributed by atoms with Gasteiger partial charge >= 0.3 is 0 Å². The van der Waals surface area contributed by atoms with E-state index < -0.39 is 4.92 Å². The third-order valence-electron chi connectivity index (χ3n) is 5.67. The largest absolute Gasteiger partial charge is 0.454 e. The standard InChI is InChI=1S/C21H21N3O5/c25-21(14-3-7-16(22-15-5-6-15)18(10-14)24(26)27)23-9-1-2-17(23)13-4-8-19-20(11-13)29-12-28-19/h3-4,7-8,10-11,15,17,22H,1-2,5-6,9,12H2. The Balaban J connectivity index is 1.41. The SMILES string of the molecule is O=C(c1ccc(NC2CC2)c([N+](=O)[O-])c1)N1CCCC1c1ccc2c(c1)OCO2. The van der Waals surface area contributed by atoms with Gasteiger partial charge in [0.2, 0.25) is 6.79 Å². The van der Waals surface area contributed by atoms with Gasteiger partial charge in [-0.2, -0.15) is 0 Å². The fourth-order valence-corrected chi connectivity index (χ4v) is 4.03. The Morgan fingerprint density at radius 2 is 1.93 bits per heavy atom. The van der Waals surface area contributed by atoms with E-state index in [-0.39, 0.29) is 24.4 Å². The van der Waals surface area contributed by atoms with Crippen molar-refractivity contribution in [1.29, 1.82) is 0 Å². The third-order valence-corrected chi connectivity index (χ3v) is 5.67. The van der Waals surface area contributed by atoms with Crippen molar-refractivity contribution in [2.75, 3.05) is 18.7 Å². The first-order chi connectivity index (χ1) is 14.1. The number of carbonyl (C=O) groups excluding carboxylic acids is 1. The van der Waals surface area contributed by atoms with Gasteiger partial charge in [0.1, 0.15) is 5.69 Å². The molecule has 2 aliphatic heterocycles. The minimum atomic E-state index is -0.430. The van der Waals surface area contributed by atoms with Crippen LogP contribution in [0.25, 0.3) is 0 Å². The number of rotatable bonds is 5. The van der Waals surface area contributed by atoms with Crippen LogP contribution in [0.15, 0.2) is 36.4 Å². The molecular weight excluding hydrogens is 374 g/mol. The second kappa shape index (κ2) is 6.95. The summed E-state index contributed by atoms with van der Waals surface area (Å²) in [6.07, 6.45) is 3.76. The van der Waals surface area contributed by atoms with E-state index in [0.29, 0.717) is 35.3 Å². The number of fused-ring (bicyclic) bond motifs is 1. The van der Waals surface area contributed by atoms with Gasteiger partial charge in [-0.25, -0.2) is 0 Å². The highest BCUT2D eigenvalue weighted by atomic mass is 16.7. The summed E-state index contributed by atoms with van der Waals surface area (Å²) in [5.74, 6) is 1.21. The Labute approximate surface area is 167 Å². The van der Waals surface area contributed by atoms with Crippen LogP contribution in [0.3, 0.4) is 0 Å². The lowest BCUT2D eigenvalue weighted by Gasteiger charge is -2.25. The van der Waals surface area contributed by atoms with Crippen molar-refractivity contribution in [1.82, 2.24) is 4.90 Å². The first-order valence-corrected chi connectivity index (χ1v) is 9.85. The van der Waals surface area contributed by atoms with E-state index >= 15 is 0 Å². The first-order valence-electron chi connectivity index (χ1n) is 9.85. The number of nitro benzene ring substituents is 1. The zero-order chi connectivity index (χ0) is 20.0. The van der Waals surface area contributed by atoms with Crippen LogP contribution in [-0.4, -0.2) is 35.1 Å². The van der Waals surface area contributed by atoms with Crippen LogP contribution >= 0.6 is 0 Å². The molecule has 3 aliphatic rings. The average molecular weight is 395 g/mol. The maximum absolute atomic E-state index is 13.2. The molecule has 5 rings (SSSR count). The highest BCUT2D eigenvalue weighted by Crippen LogP contribution is 2.40. The third kappa shape index (κ3) is 3.35. The number of benzene rings is 2. The zero-order valence-electron chi connectivity index (χ0n) is 15.8. The lowest BCUT2D eigenvalue weighted by atomic mass is 10.0. The maximum Gasteiger partial charge on any atom is 0.293 e. The van der Waals surface area contributed by atoms with Crippen molar-refractivity contribution in [3.8, 4) is 11.5 Å². The minimum absolute atomic E-state index is 0.0541. The van der Waals surface area contributed by atoms with Crippen molar-refractivity contribution in [3.63, 3.8) is 0 Å². The summed E-state index contributed by atoms with van der Waals surface area (Å²) in [6, 6.07) is 10.7. The predicted octanol–water partition coefficient (Wildman–Crippen LogP) is 3.88. The lowest BCUT2D eigenvalue weighted by molar-refractivity contribution is -0.384. The second-order valence-corrected chi connectivity index (χ2v) is 7.68. The van der Waals surface area contributed by atoms with Crippen LogP contribution in [0.4, 0.5) is 11.4 Å². The average Bonchev–Trinajstić information content (AvgIpc) is 3.21. The summed E-state index contributed by atoms with van der Waals surface area (Å²) in [7, 11) is 0. The Morgan fingerprint density at radius 1 is 1.10 bits per heavy atom. The van der Waals surface area contributed by atoms with Gasteiger partial charge in [-0.05, 0) is 55.5 Å². The fraction of sp³-hybridized carbons (Fsp3) is 0.381. The van der Waals surface area contributed by atoms with Crippen molar-refractivity contribution in [2.45, 2.75) is 37.8 Å². The Bertz CT molecular complexity index is 988. The molecule has 1 saturated heterocycles. The summed E-state index contributed by atoms with van der Waals surface area (Å²) < 4.78 is 10.8. The number of nitrogens with one attached hydrogen (secondary N) is 1. The Morgan fingerprint density at radius 3 is 2.72 bits per heavy atom. The summed E-state index contributed by atoms with van der Waals surface area (Å²) in [5.41, 5.74) is 1.75. The van der Waals surface area contributed by atoms with Gasteiger partial charge in [-0.3, -0.25) is 14.9 Å². The minimum Gasteiger partial charge on any atom is -0.454 e. The second-order valence-electron chi connectivity index (χ2n) is 7.68. The van der Waals surface area contributed by atoms with E-state index in [1.54, 1.807) is 17.0 Å². The van der Waals surface area contributed by atoms with Crippen LogP contribution < -0.4 is 14.8 Å². The van der Waals surface area contributed by atoms with Crippen LogP contribution in [0.1, 0.15) is 47.6 Å². The highest BCUT2D eigenvalue weighted by Gasteiger charge is 2.33. The van der Waals surface area contributed by atoms with E-state index in [1.165, 1.54) is 6.07 Å². The summed E-state index contributed by atoms with van der Waals surface area (Å²) >= 11 is 0. The number of nitro groups is 1. The molecule has 0 spiro atoms. The molecule has 0 aromatic heterocycles. The number of carbonyl (C=O) groups is 1. The van der Waals surface area contributed by atoms with E-state index in [0.717, 1.165) is 31.2 Å². The van der Waals surface area contributed by atoms with Gasteiger partial charge < -0.3 is 19.7 Å². The number of hydrogen-bond acceptors (Lipinski definition) is 6. The molecule has 1 aliphatic carbocycles. The quantitative estimate of drug-likeness (QED) is 0.610. The zero-order valence-corrected chi connectivity index (χ0v) is 15.8. The van der Waals surface area contributed by atoms with Crippen molar-refractivity contribution in [2.24, 2.45) is 0 Å². The van der Waals surface area contributed by atoms with Crippen molar-refractivity contribution < 1.29 is 19.2 Å². The lowest BCUT2D eigenvalue weighted by Crippen LogP contribution is -2.30. The molecule has 8 heteroatoms. The summed E-state index contributed by atoms with van der Waals surface area (Å²) in [6.45, 7) is 0.824. The number of amides is 1. The normalized spacial score (nSPS) is 20.0.